The van der Waals surface area contributed by atoms with Gasteiger partial charge in [0.2, 0.25) is 0 Å². The topological polar surface area (TPSA) is 29.0 Å². The molecule has 112 valence electrons. The van der Waals surface area contributed by atoms with Crippen molar-refractivity contribution in [3.05, 3.63) is 64.2 Å². The maximum Gasteiger partial charge on any atom is 0.0794 e. The SMILES string of the molecule is CN(CCc1cscn1)c1ccc(-c2ccc(Cl)cc2)nc1. The molecule has 1 aromatic carbocycles. The number of likely N-dealkylation sites (N-methyl/N-ethyl adjacent to an activating group) is 1. The minimum atomic E-state index is 0.738. The van der Waals surface area contributed by atoms with Gasteiger partial charge in [0.1, 0.15) is 0 Å². The fourth-order valence-corrected chi connectivity index (χ4v) is 2.89. The van der Waals surface area contributed by atoms with Gasteiger partial charge in [0.15, 0.2) is 0 Å². The van der Waals surface area contributed by atoms with Crippen LogP contribution in [0, 0.1) is 0 Å². The normalized spacial score (nSPS) is 10.6. The van der Waals surface area contributed by atoms with Crippen LogP contribution in [0.25, 0.3) is 11.3 Å². The molecule has 0 radical (unpaired) electrons. The van der Waals surface area contributed by atoms with Crippen LogP contribution in [0.5, 0.6) is 0 Å². The van der Waals surface area contributed by atoms with E-state index in [1.165, 1.54) is 0 Å². The molecule has 2 aromatic heterocycles. The van der Waals surface area contributed by atoms with Gasteiger partial charge in [-0.25, -0.2) is 4.98 Å². The summed E-state index contributed by atoms with van der Waals surface area (Å²) in [7, 11) is 2.07. The fourth-order valence-electron chi connectivity index (χ4n) is 2.18. The van der Waals surface area contributed by atoms with Crippen molar-refractivity contribution in [1.82, 2.24) is 9.97 Å². The van der Waals surface area contributed by atoms with E-state index >= 15 is 0 Å². The summed E-state index contributed by atoms with van der Waals surface area (Å²) in [5.74, 6) is 0. The largest absolute Gasteiger partial charge is 0.373 e. The lowest BCUT2D eigenvalue weighted by molar-refractivity contribution is 0.856. The summed E-state index contributed by atoms with van der Waals surface area (Å²) in [4.78, 5) is 11.0. The lowest BCUT2D eigenvalue weighted by atomic mass is 10.1. The summed E-state index contributed by atoms with van der Waals surface area (Å²) in [6.07, 6.45) is 2.85. The van der Waals surface area contributed by atoms with Gasteiger partial charge in [0.05, 0.1) is 28.8 Å². The third-order valence-electron chi connectivity index (χ3n) is 3.52. The summed E-state index contributed by atoms with van der Waals surface area (Å²) in [5, 5.41) is 2.83. The van der Waals surface area contributed by atoms with Crippen molar-refractivity contribution in [3.63, 3.8) is 0 Å². The molecule has 0 aliphatic heterocycles. The van der Waals surface area contributed by atoms with Crippen molar-refractivity contribution in [2.45, 2.75) is 6.42 Å². The second-order valence-corrected chi connectivity index (χ2v) is 6.21. The van der Waals surface area contributed by atoms with Gasteiger partial charge in [-0.3, -0.25) is 4.98 Å². The van der Waals surface area contributed by atoms with Crippen LogP contribution in [-0.2, 0) is 6.42 Å². The van der Waals surface area contributed by atoms with Crippen LogP contribution in [0.15, 0.2) is 53.5 Å². The average molecular weight is 330 g/mol. The molecular formula is C17H16ClN3S. The lowest BCUT2D eigenvalue weighted by Gasteiger charge is -2.18. The molecule has 0 unspecified atom stereocenters. The molecule has 0 aliphatic rings. The zero-order valence-corrected chi connectivity index (χ0v) is 13.8. The van der Waals surface area contributed by atoms with E-state index in [1.807, 2.05) is 42.0 Å². The van der Waals surface area contributed by atoms with E-state index in [9.17, 15) is 0 Å². The highest BCUT2D eigenvalue weighted by atomic mass is 35.5. The smallest absolute Gasteiger partial charge is 0.0794 e. The minimum absolute atomic E-state index is 0.738. The Balaban J connectivity index is 1.66. The quantitative estimate of drug-likeness (QED) is 0.688. The Bertz CT molecular complexity index is 709. The van der Waals surface area contributed by atoms with Gasteiger partial charge in [-0.2, -0.15) is 0 Å². The van der Waals surface area contributed by atoms with Crippen molar-refractivity contribution in [1.29, 1.82) is 0 Å². The lowest BCUT2D eigenvalue weighted by Crippen LogP contribution is -2.20. The highest BCUT2D eigenvalue weighted by Crippen LogP contribution is 2.21. The van der Waals surface area contributed by atoms with E-state index in [-0.39, 0.29) is 0 Å². The summed E-state index contributed by atoms with van der Waals surface area (Å²) in [5.41, 5.74) is 6.14. The van der Waals surface area contributed by atoms with Crippen LogP contribution in [-0.4, -0.2) is 23.6 Å². The first kappa shape index (κ1) is 15.0. The van der Waals surface area contributed by atoms with Crippen LogP contribution in [0.2, 0.25) is 5.02 Å². The molecule has 22 heavy (non-hydrogen) atoms. The van der Waals surface area contributed by atoms with Gasteiger partial charge in [-0.1, -0.05) is 23.7 Å². The molecule has 0 saturated heterocycles. The van der Waals surface area contributed by atoms with Gasteiger partial charge in [0, 0.05) is 36.0 Å². The zero-order chi connectivity index (χ0) is 15.4. The maximum absolute atomic E-state index is 5.91. The molecular weight excluding hydrogens is 314 g/mol. The van der Waals surface area contributed by atoms with Gasteiger partial charge >= 0.3 is 0 Å². The number of aromatic nitrogens is 2. The molecule has 5 heteroatoms. The van der Waals surface area contributed by atoms with Gasteiger partial charge in [-0.05, 0) is 24.3 Å². The summed E-state index contributed by atoms with van der Waals surface area (Å²) >= 11 is 7.55. The molecule has 0 aliphatic carbocycles. The Labute approximate surface area is 139 Å². The predicted octanol–water partition coefficient (Wildman–Crippen LogP) is 4.54. The fraction of sp³-hybridized carbons (Fsp3) is 0.176. The highest BCUT2D eigenvalue weighted by molar-refractivity contribution is 7.07. The number of nitrogens with zero attached hydrogens (tertiary/aromatic N) is 3. The second kappa shape index (κ2) is 6.90. The van der Waals surface area contributed by atoms with Gasteiger partial charge in [-0.15, -0.1) is 11.3 Å². The summed E-state index contributed by atoms with van der Waals surface area (Å²) < 4.78 is 0. The number of hydrogen-bond donors (Lipinski definition) is 0. The Kier molecular flexibility index (Phi) is 4.71. The van der Waals surface area contributed by atoms with Gasteiger partial charge < -0.3 is 4.90 Å². The number of rotatable bonds is 5. The summed E-state index contributed by atoms with van der Waals surface area (Å²) in [6, 6.07) is 11.9. The minimum Gasteiger partial charge on any atom is -0.373 e. The zero-order valence-electron chi connectivity index (χ0n) is 12.2. The van der Waals surface area contributed by atoms with Crippen LogP contribution < -0.4 is 4.90 Å². The van der Waals surface area contributed by atoms with Crippen LogP contribution in [0.4, 0.5) is 5.69 Å². The predicted molar refractivity (Wildman–Crippen MR) is 93.8 cm³/mol. The molecule has 3 nitrogen and oxygen atoms in total. The number of benzene rings is 1. The monoisotopic (exact) mass is 329 g/mol. The second-order valence-electron chi connectivity index (χ2n) is 5.06. The van der Waals surface area contributed by atoms with E-state index in [0.29, 0.717) is 0 Å². The van der Waals surface area contributed by atoms with Crippen molar-refractivity contribution < 1.29 is 0 Å². The van der Waals surface area contributed by atoms with E-state index in [1.54, 1.807) is 11.3 Å². The molecule has 0 N–H and O–H groups in total. The number of halogens is 1. The Morgan fingerprint density at radius 2 is 1.91 bits per heavy atom. The van der Waals surface area contributed by atoms with E-state index in [0.717, 1.165) is 40.6 Å². The van der Waals surface area contributed by atoms with E-state index in [4.69, 9.17) is 11.6 Å². The first-order valence-corrected chi connectivity index (χ1v) is 8.34. The number of pyridine rings is 1. The Hall–Kier alpha value is -1.91. The Morgan fingerprint density at radius 3 is 2.55 bits per heavy atom. The highest BCUT2D eigenvalue weighted by Gasteiger charge is 2.05. The molecule has 2 heterocycles. The molecule has 0 saturated carbocycles. The average Bonchev–Trinajstić information content (AvgIpc) is 3.07. The number of anilines is 1. The third kappa shape index (κ3) is 3.64. The Morgan fingerprint density at radius 1 is 1.09 bits per heavy atom. The van der Waals surface area contributed by atoms with Crippen molar-refractivity contribution >= 4 is 28.6 Å². The standard InChI is InChI=1S/C17H16ClN3S/c1-21(9-8-15-11-22-12-20-15)16-6-7-17(19-10-16)13-2-4-14(18)5-3-13/h2-7,10-12H,8-9H2,1H3. The molecule has 0 spiro atoms. The number of hydrogen-bond acceptors (Lipinski definition) is 4. The molecule has 0 fully saturated rings. The van der Waals surface area contributed by atoms with Crippen LogP contribution in [0.1, 0.15) is 5.69 Å². The van der Waals surface area contributed by atoms with E-state index in [2.05, 4.69) is 33.4 Å². The van der Waals surface area contributed by atoms with Crippen molar-refractivity contribution in [3.8, 4) is 11.3 Å². The molecule has 3 aromatic rings. The third-order valence-corrected chi connectivity index (χ3v) is 4.40. The maximum atomic E-state index is 5.91. The number of thiazole rings is 1. The van der Waals surface area contributed by atoms with Crippen LogP contribution in [0.3, 0.4) is 0 Å². The first-order chi connectivity index (χ1) is 10.7. The molecule has 0 bridgehead atoms. The first-order valence-electron chi connectivity index (χ1n) is 7.02. The van der Waals surface area contributed by atoms with Gasteiger partial charge in [0.25, 0.3) is 0 Å². The van der Waals surface area contributed by atoms with Crippen molar-refractivity contribution in [2.75, 3.05) is 18.5 Å². The molecule has 0 atom stereocenters. The molecule has 3 rings (SSSR count). The molecule has 0 amide bonds. The van der Waals surface area contributed by atoms with Crippen molar-refractivity contribution in [2.24, 2.45) is 0 Å². The van der Waals surface area contributed by atoms with Crippen LogP contribution >= 0.6 is 22.9 Å². The summed E-state index contributed by atoms with van der Waals surface area (Å²) in [6.45, 7) is 0.922. The van der Waals surface area contributed by atoms with E-state index < -0.39 is 0 Å².